The van der Waals surface area contributed by atoms with Gasteiger partial charge in [-0.1, -0.05) is 30.8 Å². The number of carbonyl (C=O) groups is 1. The van der Waals surface area contributed by atoms with Gasteiger partial charge in [0.2, 0.25) is 11.9 Å². The molecular formula is C32H38ClFN8O. The molecule has 1 saturated carbocycles. The Kier molecular flexibility index (Phi) is 8.24. The molecule has 3 aromatic rings. The standard InChI is InChI=1S/C32H38ClFN8O/c1-5-25-23(18-35-39-25)27(19(3)4)28-24(33)17-22-30(29(28)34)37-32(36-20-9-11-40(12-10-20)21-7-8-21)38-31(22)42-15-13-41(14-16-42)26(43)6-2/h5-6,17-18,20-21,39H,2-3,7-16H2,1,4H3,(H,36,37,38)/b25-5+,27-23+. The summed E-state index contributed by atoms with van der Waals surface area (Å²) in [5.41, 5.74) is 1.66. The molecular weight excluding hydrogens is 567 g/mol. The first-order valence-corrected chi connectivity index (χ1v) is 15.4. The van der Waals surface area contributed by atoms with E-state index in [1.807, 2.05) is 19.9 Å². The number of amides is 1. The number of hydrogen-bond acceptors (Lipinski definition) is 7. The van der Waals surface area contributed by atoms with Gasteiger partial charge >= 0.3 is 0 Å². The lowest BCUT2D eigenvalue weighted by Crippen LogP contribution is -2.48. The van der Waals surface area contributed by atoms with Crippen LogP contribution in [0.4, 0.5) is 16.2 Å². The number of nitrogens with one attached hydrogen (secondary N) is 2. The quantitative estimate of drug-likeness (QED) is 0.398. The molecule has 0 spiro atoms. The van der Waals surface area contributed by atoms with Gasteiger partial charge in [0.05, 0.1) is 16.6 Å². The predicted octanol–water partition coefficient (Wildman–Crippen LogP) is 3.59. The number of piperazine rings is 1. The smallest absolute Gasteiger partial charge is 0.246 e. The molecule has 0 bridgehead atoms. The zero-order valence-electron chi connectivity index (χ0n) is 24.8. The van der Waals surface area contributed by atoms with Gasteiger partial charge in [-0.05, 0) is 62.8 Å². The highest BCUT2D eigenvalue weighted by atomic mass is 35.5. The number of carbonyl (C=O) groups excluding carboxylic acids is 1. The van der Waals surface area contributed by atoms with E-state index in [0.717, 1.165) is 37.3 Å². The number of fused-ring (bicyclic) bond motifs is 1. The number of rotatable bonds is 7. The van der Waals surface area contributed by atoms with E-state index in [-0.39, 0.29) is 28.1 Å². The lowest BCUT2D eigenvalue weighted by molar-refractivity contribution is -0.126. The van der Waals surface area contributed by atoms with Gasteiger partial charge in [0, 0.05) is 67.5 Å². The highest BCUT2D eigenvalue weighted by Crippen LogP contribution is 2.38. The number of hydrogen-bond donors (Lipinski definition) is 2. The third-order valence-electron chi connectivity index (χ3n) is 8.76. The van der Waals surface area contributed by atoms with Crippen LogP contribution in [0.15, 0.2) is 37.1 Å². The fourth-order valence-corrected chi connectivity index (χ4v) is 6.59. The largest absolute Gasteiger partial charge is 0.352 e. The monoisotopic (exact) mass is 604 g/mol. The third-order valence-corrected chi connectivity index (χ3v) is 9.06. The first kappa shape index (κ1) is 29.3. The van der Waals surface area contributed by atoms with Gasteiger partial charge in [0.15, 0.2) is 5.82 Å². The fraction of sp³-hybridized carbons (Fsp3) is 0.438. The molecule has 226 valence electrons. The lowest BCUT2D eigenvalue weighted by atomic mass is 9.96. The first-order valence-electron chi connectivity index (χ1n) is 15.0. The second-order valence-electron chi connectivity index (χ2n) is 11.7. The minimum atomic E-state index is -0.528. The van der Waals surface area contributed by atoms with E-state index in [9.17, 15) is 4.79 Å². The molecule has 11 heteroatoms. The summed E-state index contributed by atoms with van der Waals surface area (Å²) >= 11 is 6.89. The van der Waals surface area contributed by atoms with E-state index in [2.05, 4.69) is 38.5 Å². The summed E-state index contributed by atoms with van der Waals surface area (Å²) < 4.78 is 16.8. The number of aromatic nitrogens is 4. The first-order chi connectivity index (χ1) is 20.8. The van der Waals surface area contributed by atoms with Crippen molar-refractivity contribution in [2.45, 2.75) is 51.6 Å². The molecule has 2 N–H and O–H groups in total. The zero-order valence-corrected chi connectivity index (χ0v) is 25.6. The number of likely N-dealkylation sites (tertiary alicyclic amines) is 1. The Balaban J connectivity index is 1.45. The van der Waals surface area contributed by atoms with Crippen molar-refractivity contribution in [3.63, 3.8) is 0 Å². The van der Waals surface area contributed by atoms with E-state index in [1.165, 1.54) is 18.9 Å². The maximum Gasteiger partial charge on any atom is 0.246 e. The van der Waals surface area contributed by atoms with Crippen molar-refractivity contribution in [2.75, 3.05) is 49.5 Å². The summed E-state index contributed by atoms with van der Waals surface area (Å²) in [7, 11) is 0. The molecule has 4 heterocycles. The number of aromatic amines is 1. The second-order valence-corrected chi connectivity index (χ2v) is 12.1. The number of H-pyrrole nitrogens is 1. The van der Waals surface area contributed by atoms with Gasteiger partial charge in [-0.15, -0.1) is 0 Å². The SMILES string of the molecule is C=CC(=O)N1CCN(c2nc(NC3CCN(C4CC4)CC3)nc3c(F)c(/C(C(=C)C)=c4\cn[nH]\c4=C\C)c(Cl)cc23)CC1. The Morgan fingerprint density at radius 3 is 2.49 bits per heavy atom. The van der Waals surface area contributed by atoms with Crippen LogP contribution >= 0.6 is 11.6 Å². The van der Waals surface area contributed by atoms with Crippen LogP contribution in [0.2, 0.25) is 5.02 Å². The fourth-order valence-electron chi connectivity index (χ4n) is 6.31. The average Bonchev–Trinajstić information content (AvgIpc) is 3.76. The maximum absolute atomic E-state index is 16.8. The summed E-state index contributed by atoms with van der Waals surface area (Å²) in [5.74, 6) is 0.367. The van der Waals surface area contributed by atoms with Crippen LogP contribution < -0.4 is 20.8 Å². The van der Waals surface area contributed by atoms with E-state index in [1.54, 1.807) is 17.2 Å². The van der Waals surface area contributed by atoms with Gasteiger partial charge in [0.25, 0.3) is 0 Å². The second kappa shape index (κ2) is 12.1. The van der Waals surface area contributed by atoms with Crippen molar-refractivity contribution in [2.24, 2.45) is 0 Å². The van der Waals surface area contributed by atoms with Crippen molar-refractivity contribution in [1.29, 1.82) is 0 Å². The van der Waals surface area contributed by atoms with Crippen molar-refractivity contribution in [1.82, 2.24) is 30.0 Å². The summed E-state index contributed by atoms with van der Waals surface area (Å²) in [5, 5.41) is 12.9. The van der Waals surface area contributed by atoms with E-state index >= 15 is 4.39 Å². The van der Waals surface area contributed by atoms with E-state index < -0.39 is 5.82 Å². The highest BCUT2D eigenvalue weighted by Gasteiger charge is 2.32. The Morgan fingerprint density at radius 1 is 1.14 bits per heavy atom. The lowest BCUT2D eigenvalue weighted by Gasteiger charge is -2.36. The molecule has 9 nitrogen and oxygen atoms in total. The molecule has 6 rings (SSSR count). The summed E-state index contributed by atoms with van der Waals surface area (Å²) in [6.45, 7) is 15.7. The summed E-state index contributed by atoms with van der Waals surface area (Å²) in [4.78, 5) is 28.3. The van der Waals surface area contributed by atoms with Gasteiger partial charge in [-0.2, -0.15) is 10.1 Å². The highest BCUT2D eigenvalue weighted by molar-refractivity contribution is 6.33. The van der Waals surface area contributed by atoms with Crippen molar-refractivity contribution < 1.29 is 9.18 Å². The van der Waals surface area contributed by atoms with E-state index in [4.69, 9.17) is 21.6 Å². The van der Waals surface area contributed by atoms with Crippen molar-refractivity contribution in [3.8, 4) is 0 Å². The minimum absolute atomic E-state index is 0.100. The normalized spacial score (nSPS) is 19.6. The molecule has 0 radical (unpaired) electrons. The molecule has 1 amide bonds. The maximum atomic E-state index is 16.8. The topological polar surface area (TPSA) is 93.3 Å². The molecule has 2 aromatic heterocycles. The molecule has 2 aliphatic heterocycles. The van der Waals surface area contributed by atoms with Crippen molar-refractivity contribution >= 4 is 51.8 Å². The Bertz CT molecular complexity index is 1700. The van der Waals surface area contributed by atoms with Gasteiger partial charge in [-0.3, -0.25) is 9.89 Å². The van der Waals surface area contributed by atoms with Crippen LogP contribution in [0.5, 0.6) is 0 Å². The summed E-state index contributed by atoms with van der Waals surface area (Å²) in [6, 6.07) is 2.69. The number of nitrogens with zero attached hydrogens (tertiary/aromatic N) is 6. The molecule has 3 aliphatic rings. The third kappa shape index (κ3) is 5.78. The Morgan fingerprint density at radius 2 is 1.86 bits per heavy atom. The van der Waals surface area contributed by atoms with Gasteiger partial charge in [0.1, 0.15) is 11.3 Å². The van der Waals surface area contributed by atoms with Crippen LogP contribution in [-0.2, 0) is 4.79 Å². The molecule has 3 fully saturated rings. The van der Waals surface area contributed by atoms with Crippen LogP contribution in [0.25, 0.3) is 22.6 Å². The number of benzene rings is 1. The average molecular weight is 605 g/mol. The van der Waals surface area contributed by atoms with Gasteiger partial charge in [-0.25, -0.2) is 9.37 Å². The molecule has 1 aliphatic carbocycles. The van der Waals surface area contributed by atoms with Crippen LogP contribution in [0.3, 0.4) is 0 Å². The van der Waals surface area contributed by atoms with Gasteiger partial charge < -0.3 is 20.0 Å². The minimum Gasteiger partial charge on any atom is -0.352 e. The molecule has 43 heavy (non-hydrogen) atoms. The molecule has 0 atom stereocenters. The number of piperidine rings is 1. The number of anilines is 2. The van der Waals surface area contributed by atoms with Crippen LogP contribution in [0.1, 0.15) is 45.1 Å². The number of allylic oxidation sites excluding steroid dienone is 1. The molecule has 2 saturated heterocycles. The number of halogens is 2. The Hall–Kier alpha value is -3.76. The van der Waals surface area contributed by atoms with Crippen molar-refractivity contribution in [3.05, 3.63) is 64.0 Å². The predicted molar refractivity (Wildman–Crippen MR) is 170 cm³/mol. The Labute approximate surface area is 255 Å². The van der Waals surface area contributed by atoms with E-state index in [0.29, 0.717) is 59.7 Å². The van der Waals surface area contributed by atoms with Crippen LogP contribution in [0, 0.1) is 5.82 Å². The van der Waals surface area contributed by atoms with Crippen LogP contribution in [-0.4, -0.2) is 87.2 Å². The molecule has 1 aromatic carbocycles. The zero-order chi connectivity index (χ0) is 30.2. The summed E-state index contributed by atoms with van der Waals surface area (Å²) in [6.07, 6.45) is 9.43. The molecule has 0 unspecified atom stereocenters.